The summed E-state index contributed by atoms with van der Waals surface area (Å²) in [6.45, 7) is 5.93. The molecule has 7 nitrogen and oxygen atoms in total. The van der Waals surface area contributed by atoms with Crippen LogP contribution in [0.3, 0.4) is 0 Å². The van der Waals surface area contributed by atoms with E-state index in [1.807, 2.05) is 20.8 Å². The molecule has 0 spiro atoms. The molecule has 1 saturated carbocycles. The Bertz CT molecular complexity index is 645. The Kier molecular flexibility index (Phi) is 6.11. The van der Waals surface area contributed by atoms with Gasteiger partial charge in [-0.05, 0) is 45.6 Å². The van der Waals surface area contributed by atoms with Crippen molar-refractivity contribution < 1.29 is 14.5 Å². The number of anilines is 1. The van der Waals surface area contributed by atoms with Crippen LogP contribution in [0.5, 0.6) is 0 Å². The van der Waals surface area contributed by atoms with Gasteiger partial charge >= 0.3 is 6.09 Å². The van der Waals surface area contributed by atoms with Crippen molar-refractivity contribution in [2.75, 3.05) is 11.9 Å². The molecule has 1 aromatic rings. The van der Waals surface area contributed by atoms with Gasteiger partial charge in [0.1, 0.15) is 5.60 Å². The van der Waals surface area contributed by atoms with E-state index in [9.17, 15) is 14.9 Å². The summed E-state index contributed by atoms with van der Waals surface area (Å²) in [4.78, 5) is 22.3. The number of carbonyl (C=O) groups is 1. The first-order valence-electron chi connectivity index (χ1n) is 8.33. The van der Waals surface area contributed by atoms with E-state index >= 15 is 0 Å². The quantitative estimate of drug-likeness (QED) is 0.594. The number of nitrogens with one attached hydrogen (secondary N) is 2. The summed E-state index contributed by atoms with van der Waals surface area (Å²) in [6, 6.07) is 4.43. The molecule has 2 rings (SSSR count). The molecule has 0 heterocycles. The van der Waals surface area contributed by atoms with Crippen LogP contribution in [0.1, 0.15) is 40.0 Å². The van der Waals surface area contributed by atoms with Gasteiger partial charge in [0.15, 0.2) is 0 Å². The molecule has 25 heavy (non-hydrogen) atoms. The zero-order chi connectivity index (χ0) is 18.6. The van der Waals surface area contributed by atoms with Crippen LogP contribution in [0.15, 0.2) is 18.2 Å². The van der Waals surface area contributed by atoms with Crippen LogP contribution in [0.4, 0.5) is 16.2 Å². The number of halogens is 1. The van der Waals surface area contributed by atoms with Crippen molar-refractivity contribution in [1.29, 1.82) is 0 Å². The summed E-state index contributed by atoms with van der Waals surface area (Å²) >= 11 is 6.15. The second-order valence-electron chi connectivity index (χ2n) is 7.25. The van der Waals surface area contributed by atoms with E-state index in [0.29, 0.717) is 17.3 Å². The maximum atomic E-state index is 11.8. The van der Waals surface area contributed by atoms with E-state index in [1.54, 1.807) is 0 Å². The maximum absolute atomic E-state index is 11.8. The minimum absolute atomic E-state index is 0.00618. The number of alkyl carbamates (subject to hydrolysis) is 1. The summed E-state index contributed by atoms with van der Waals surface area (Å²) in [7, 11) is 0. The highest BCUT2D eigenvalue weighted by Gasteiger charge is 2.29. The molecule has 1 aromatic carbocycles. The molecule has 0 aromatic heterocycles. The molecule has 1 aliphatic carbocycles. The number of hydrogen-bond acceptors (Lipinski definition) is 5. The van der Waals surface area contributed by atoms with Gasteiger partial charge in [-0.15, -0.1) is 0 Å². The van der Waals surface area contributed by atoms with E-state index in [0.717, 1.165) is 19.3 Å². The zero-order valence-corrected chi connectivity index (χ0v) is 15.4. The average molecular weight is 370 g/mol. The monoisotopic (exact) mass is 369 g/mol. The lowest BCUT2D eigenvalue weighted by Gasteiger charge is -2.24. The van der Waals surface area contributed by atoms with Crippen LogP contribution in [0.2, 0.25) is 5.02 Å². The van der Waals surface area contributed by atoms with Gasteiger partial charge in [-0.3, -0.25) is 10.1 Å². The molecule has 0 bridgehead atoms. The Morgan fingerprint density at radius 3 is 2.76 bits per heavy atom. The van der Waals surface area contributed by atoms with Crippen molar-refractivity contribution in [3.05, 3.63) is 33.3 Å². The third-order valence-electron chi connectivity index (χ3n) is 4.07. The molecule has 1 aliphatic rings. The first-order valence-corrected chi connectivity index (χ1v) is 8.71. The highest BCUT2D eigenvalue weighted by atomic mass is 35.5. The number of benzene rings is 1. The van der Waals surface area contributed by atoms with Gasteiger partial charge in [-0.2, -0.15) is 0 Å². The van der Waals surface area contributed by atoms with Crippen LogP contribution in [-0.4, -0.2) is 29.2 Å². The summed E-state index contributed by atoms with van der Waals surface area (Å²) in [6.07, 6.45) is 2.46. The standard InChI is InChI=1S/C17H24ClN3O4/c1-17(2,3)25-16(22)19-10-11-5-4-6-14(11)20-15-9-12(21(23)24)7-8-13(15)18/h7-9,11,14,20H,4-6,10H2,1-3H3,(H,19,22). The predicted molar refractivity (Wildman–Crippen MR) is 97.1 cm³/mol. The van der Waals surface area contributed by atoms with Crippen molar-refractivity contribution >= 4 is 29.1 Å². The Labute approximate surface area is 152 Å². The molecule has 2 atom stereocenters. The number of hydrogen-bond donors (Lipinski definition) is 2. The van der Waals surface area contributed by atoms with Crippen molar-refractivity contribution in [2.24, 2.45) is 5.92 Å². The first-order chi connectivity index (χ1) is 11.7. The van der Waals surface area contributed by atoms with Crippen LogP contribution in [-0.2, 0) is 4.74 Å². The molecule has 138 valence electrons. The normalized spacial score (nSPS) is 20.2. The number of nitro groups is 1. The van der Waals surface area contributed by atoms with Gasteiger partial charge in [-0.1, -0.05) is 18.0 Å². The molecule has 2 N–H and O–H groups in total. The Morgan fingerprint density at radius 2 is 2.12 bits per heavy atom. The molecule has 8 heteroatoms. The fourth-order valence-electron chi connectivity index (χ4n) is 2.94. The van der Waals surface area contributed by atoms with E-state index in [1.165, 1.54) is 18.2 Å². The number of rotatable bonds is 5. The average Bonchev–Trinajstić information content (AvgIpc) is 2.92. The summed E-state index contributed by atoms with van der Waals surface area (Å²) < 4.78 is 5.25. The Balaban J connectivity index is 1.97. The van der Waals surface area contributed by atoms with Crippen molar-refractivity contribution in [1.82, 2.24) is 5.32 Å². The molecule has 0 saturated heterocycles. The smallest absolute Gasteiger partial charge is 0.407 e. The predicted octanol–water partition coefficient (Wildman–Crippen LogP) is 4.35. The van der Waals surface area contributed by atoms with Gasteiger partial charge in [0.05, 0.1) is 15.6 Å². The minimum atomic E-state index is -0.534. The van der Waals surface area contributed by atoms with E-state index in [2.05, 4.69) is 10.6 Å². The summed E-state index contributed by atoms with van der Waals surface area (Å²) in [5, 5.41) is 17.5. The summed E-state index contributed by atoms with van der Waals surface area (Å²) in [5.74, 6) is 0.211. The van der Waals surface area contributed by atoms with Crippen LogP contribution in [0, 0.1) is 16.0 Å². The number of non-ortho nitro benzene ring substituents is 1. The third-order valence-corrected chi connectivity index (χ3v) is 4.40. The highest BCUT2D eigenvalue weighted by molar-refractivity contribution is 6.33. The lowest BCUT2D eigenvalue weighted by Crippen LogP contribution is -2.38. The van der Waals surface area contributed by atoms with E-state index in [4.69, 9.17) is 16.3 Å². The summed E-state index contributed by atoms with van der Waals surface area (Å²) in [5.41, 5.74) is 0.00633. The van der Waals surface area contributed by atoms with Crippen LogP contribution < -0.4 is 10.6 Å². The van der Waals surface area contributed by atoms with Crippen LogP contribution >= 0.6 is 11.6 Å². The zero-order valence-electron chi connectivity index (χ0n) is 14.7. The molecule has 0 radical (unpaired) electrons. The number of nitro benzene ring substituents is 1. The topological polar surface area (TPSA) is 93.5 Å². The number of nitrogens with zero attached hydrogens (tertiary/aromatic N) is 1. The van der Waals surface area contributed by atoms with Gasteiger partial charge < -0.3 is 15.4 Å². The Morgan fingerprint density at radius 1 is 1.40 bits per heavy atom. The van der Waals surface area contributed by atoms with E-state index < -0.39 is 16.6 Å². The largest absolute Gasteiger partial charge is 0.444 e. The first kappa shape index (κ1) is 19.3. The molecule has 1 amide bonds. The molecule has 0 aliphatic heterocycles. The second-order valence-corrected chi connectivity index (χ2v) is 7.65. The molecule has 1 fully saturated rings. The van der Waals surface area contributed by atoms with Crippen LogP contribution in [0.25, 0.3) is 0 Å². The SMILES string of the molecule is CC(C)(C)OC(=O)NCC1CCCC1Nc1cc([N+](=O)[O-])ccc1Cl. The third kappa shape index (κ3) is 5.77. The minimum Gasteiger partial charge on any atom is -0.444 e. The van der Waals surface area contributed by atoms with Crippen molar-refractivity contribution in [3.8, 4) is 0 Å². The Hall–Kier alpha value is -2.02. The highest BCUT2D eigenvalue weighted by Crippen LogP contribution is 2.32. The molecular weight excluding hydrogens is 346 g/mol. The fraction of sp³-hybridized carbons (Fsp3) is 0.588. The number of ether oxygens (including phenoxy) is 1. The lowest BCUT2D eigenvalue weighted by atomic mass is 10.0. The van der Waals surface area contributed by atoms with Crippen molar-refractivity contribution in [2.45, 2.75) is 51.7 Å². The van der Waals surface area contributed by atoms with Crippen molar-refractivity contribution in [3.63, 3.8) is 0 Å². The second kappa shape index (κ2) is 7.91. The van der Waals surface area contributed by atoms with Gasteiger partial charge in [-0.25, -0.2) is 4.79 Å². The molecular formula is C17H24ClN3O4. The van der Waals surface area contributed by atoms with E-state index in [-0.39, 0.29) is 17.6 Å². The lowest BCUT2D eigenvalue weighted by molar-refractivity contribution is -0.384. The maximum Gasteiger partial charge on any atom is 0.407 e. The number of amides is 1. The number of carbonyl (C=O) groups excluding carboxylic acids is 1. The van der Waals surface area contributed by atoms with Gasteiger partial charge in [0.2, 0.25) is 0 Å². The van der Waals surface area contributed by atoms with Gasteiger partial charge in [0.25, 0.3) is 5.69 Å². The fourth-order valence-corrected chi connectivity index (χ4v) is 3.11. The van der Waals surface area contributed by atoms with Gasteiger partial charge in [0, 0.05) is 24.7 Å². The molecule has 2 unspecified atom stereocenters.